The van der Waals surface area contributed by atoms with Crippen LogP contribution in [0.25, 0.3) is 10.2 Å². The number of thiazole rings is 1. The summed E-state index contributed by atoms with van der Waals surface area (Å²) >= 11 is 1.45. The van der Waals surface area contributed by atoms with E-state index in [1.165, 1.54) is 11.3 Å². The number of amides is 2. The lowest BCUT2D eigenvalue weighted by atomic mass is 10.0. The Labute approximate surface area is 151 Å². The van der Waals surface area contributed by atoms with Crippen LogP contribution in [0.3, 0.4) is 0 Å². The fourth-order valence-electron chi connectivity index (χ4n) is 3.05. The van der Waals surface area contributed by atoms with E-state index >= 15 is 0 Å². The van der Waals surface area contributed by atoms with Crippen molar-refractivity contribution >= 4 is 38.5 Å². The third-order valence-electron chi connectivity index (χ3n) is 4.62. The molecule has 0 aliphatic carbocycles. The number of likely N-dealkylation sites (tertiary alicyclic amines) is 1. The van der Waals surface area contributed by atoms with Gasteiger partial charge < -0.3 is 16.0 Å². The van der Waals surface area contributed by atoms with Gasteiger partial charge in [-0.05, 0) is 43.4 Å². The topological polar surface area (TPSA) is 88.3 Å². The molecule has 7 heteroatoms. The van der Waals surface area contributed by atoms with E-state index < -0.39 is 12.1 Å². The Morgan fingerprint density at radius 1 is 1.40 bits per heavy atom. The SMILES string of the molecule is Cc1ccc2nc(NC(=O)[C@H]3CCCN3C(=O)[C@H](N)C(C)C)sc2c1. The van der Waals surface area contributed by atoms with E-state index in [-0.39, 0.29) is 17.7 Å². The van der Waals surface area contributed by atoms with Crippen molar-refractivity contribution in [2.45, 2.75) is 45.7 Å². The smallest absolute Gasteiger partial charge is 0.248 e. The van der Waals surface area contributed by atoms with Crippen LogP contribution in [0.1, 0.15) is 32.3 Å². The number of nitrogens with two attached hydrogens (primary N) is 1. The van der Waals surface area contributed by atoms with Crippen molar-refractivity contribution < 1.29 is 9.59 Å². The van der Waals surface area contributed by atoms with Crippen molar-refractivity contribution in [2.75, 3.05) is 11.9 Å². The highest BCUT2D eigenvalue weighted by molar-refractivity contribution is 7.22. The van der Waals surface area contributed by atoms with Crippen LogP contribution in [0.2, 0.25) is 0 Å². The van der Waals surface area contributed by atoms with Gasteiger partial charge in [0.2, 0.25) is 11.8 Å². The van der Waals surface area contributed by atoms with Crippen LogP contribution in [0.5, 0.6) is 0 Å². The molecule has 3 rings (SSSR count). The molecule has 0 bridgehead atoms. The van der Waals surface area contributed by atoms with Crippen LogP contribution in [-0.4, -0.2) is 40.3 Å². The van der Waals surface area contributed by atoms with Gasteiger partial charge in [-0.3, -0.25) is 9.59 Å². The molecule has 134 valence electrons. The third kappa shape index (κ3) is 3.67. The summed E-state index contributed by atoms with van der Waals surface area (Å²) < 4.78 is 1.04. The molecule has 1 saturated heterocycles. The van der Waals surface area contributed by atoms with Gasteiger partial charge in [0.1, 0.15) is 6.04 Å². The number of hydrogen-bond donors (Lipinski definition) is 2. The Morgan fingerprint density at radius 3 is 2.88 bits per heavy atom. The lowest BCUT2D eigenvalue weighted by Gasteiger charge is -2.27. The summed E-state index contributed by atoms with van der Waals surface area (Å²) in [6, 6.07) is 4.96. The predicted molar refractivity (Wildman–Crippen MR) is 101 cm³/mol. The number of anilines is 1. The third-order valence-corrected chi connectivity index (χ3v) is 5.55. The lowest BCUT2D eigenvalue weighted by molar-refractivity contribution is -0.138. The van der Waals surface area contributed by atoms with Gasteiger partial charge in [0.15, 0.2) is 5.13 Å². The van der Waals surface area contributed by atoms with Gasteiger partial charge in [0, 0.05) is 6.54 Å². The number of nitrogens with zero attached hydrogens (tertiary/aromatic N) is 2. The van der Waals surface area contributed by atoms with Gasteiger partial charge in [0.25, 0.3) is 0 Å². The zero-order valence-electron chi connectivity index (χ0n) is 14.8. The van der Waals surface area contributed by atoms with Gasteiger partial charge in [-0.15, -0.1) is 0 Å². The first kappa shape index (κ1) is 17.8. The first-order valence-electron chi connectivity index (χ1n) is 8.61. The molecule has 3 N–H and O–H groups in total. The number of aromatic nitrogens is 1. The Kier molecular flexibility index (Phi) is 5.06. The second-order valence-electron chi connectivity index (χ2n) is 6.94. The molecule has 2 aromatic rings. The van der Waals surface area contributed by atoms with Gasteiger partial charge in [-0.25, -0.2) is 4.98 Å². The monoisotopic (exact) mass is 360 g/mol. The quantitative estimate of drug-likeness (QED) is 0.877. The summed E-state index contributed by atoms with van der Waals surface area (Å²) in [5.41, 5.74) is 8.01. The van der Waals surface area contributed by atoms with Crippen LogP contribution >= 0.6 is 11.3 Å². The van der Waals surface area contributed by atoms with Crippen molar-refractivity contribution in [2.24, 2.45) is 11.7 Å². The molecule has 1 aliphatic heterocycles. The van der Waals surface area contributed by atoms with Gasteiger partial charge >= 0.3 is 0 Å². The first-order chi connectivity index (χ1) is 11.9. The number of hydrogen-bond acceptors (Lipinski definition) is 5. The fourth-order valence-corrected chi connectivity index (χ4v) is 4.02. The molecule has 6 nitrogen and oxygen atoms in total. The zero-order chi connectivity index (χ0) is 18.1. The number of rotatable bonds is 4. The van der Waals surface area contributed by atoms with Gasteiger partial charge in [-0.1, -0.05) is 31.3 Å². The molecular formula is C18H24N4O2S. The van der Waals surface area contributed by atoms with Gasteiger partial charge in [-0.2, -0.15) is 0 Å². The number of aryl methyl sites for hydroxylation is 1. The molecule has 1 fully saturated rings. The number of nitrogens with one attached hydrogen (secondary N) is 1. The molecular weight excluding hydrogens is 336 g/mol. The minimum absolute atomic E-state index is 0.0457. The van der Waals surface area contributed by atoms with E-state index in [0.29, 0.717) is 18.1 Å². The highest BCUT2D eigenvalue weighted by Crippen LogP contribution is 2.28. The molecule has 1 aromatic carbocycles. The fraction of sp³-hybridized carbons (Fsp3) is 0.500. The van der Waals surface area contributed by atoms with Crippen molar-refractivity contribution in [1.82, 2.24) is 9.88 Å². The first-order valence-corrected chi connectivity index (χ1v) is 9.42. The normalized spacial score (nSPS) is 18.8. The lowest BCUT2D eigenvalue weighted by Crippen LogP contribution is -2.51. The summed E-state index contributed by atoms with van der Waals surface area (Å²) in [7, 11) is 0. The average Bonchev–Trinajstić information content (AvgIpc) is 3.19. The minimum atomic E-state index is -0.571. The highest BCUT2D eigenvalue weighted by Gasteiger charge is 2.37. The minimum Gasteiger partial charge on any atom is -0.329 e. The largest absolute Gasteiger partial charge is 0.329 e. The molecule has 1 aromatic heterocycles. The molecule has 25 heavy (non-hydrogen) atoms. The second-order valence-corrected chi connectivity index (χ2v) is 7.97. The van der Waals surface area contributed by atoms with Crippen LogP contribution in [-0.2, 0) is 9.59 Å². The summed E-state index contributed by atoms with van der Waals surface area (Å²) in [5.74, 6) is -0.283. The van der Waals surface area contributed by atoms with E-state index in [1.807, 2.05) is 32.9 Å². The Hall–Kier alpha value is -1.99. The molecule has 0 spiro atoms. The second kappa shape index (κ2) is 7.09. The Balaban J connectivity index is 1.73. The molecule has 2 amide bonds. The zero-order valence-corrected chi connectivity index (χ0v) is 15.6. The molecule has 2 atom stereocenters. The van der Waals surface area contributed by atoms with E-state index in [2.05, 4.69) is 16.4 Å². The van der Waals surface area contributed by atoms with Crippen molar-refractivity contribution in [3.63, 3.8) is 0 Å². The standard InChI is InChI=1S/C18H24N4O2S/c1-10(2)15(19)17(24)22-8-4-5-13(22)16(23)21-18-20-12-7-6-11(3)9-14(12)25-18/h6-7,9-10,13,15H,4-5,8,19H2,1-3H3,(H,20,21,23)/t13-,15-/m1/s1. The summed E-state index contributed by atoms with van der Waals surface area (Å²) in [5, 5.41) is 3.45. The molecule has 0 unspecified atom stereocenters. The number of benzene rings is 1. The highest BCUT2D eigenvalue weighted by atomic mass is 32.1. The predicted octanol–water partition coefficient (Wildman–Crippen LogP) is 2.52. The molecule has 0 radical (unpaired) electrons. The summed E-state index contributed by atoms with van der Waals surface area (Å²) in [6.45, 7) is 6.43. The number of carbonyl (C=O) groups excluding carboxylic acids is 2. The van der Waals surface area contributed by atoms with E-state index in [4.69, 9.17) is 5.73 Å². The van der Waals surface area contributed by atoms with Crippen molar-refractivity contribution in [3.8, 4) is 0 Å². The van der Waals surface area contributed by atoms with E-state index in [0.717, 1.165) is 22.2 Å². The maximum atomic E-state index is 12.7. The maximum absolute atomic E-state index is 12.7. The summed E-state index contributed by atoms with van der Waals surface area (Å²) in [4.78, 5) is 31.3. The molecule has 1 aliphatic rings. The van der Waals surface area contributed by atoms with Crippen LogP contribution < -0.4 is 11.1 Å². The Morgan fingerprint density at radius 2 is 2.16 bits per heavy atom. The van der Waals surface area contributed by atoms with Crippen LogP contribution in [0, 0.1) is 12.8 Å². The molecule has 0 saturated carbocycles. The molecule has 2 heterocycles. The van der Waals surface area contributed by atoms with E-state index in [1.54, 1.807) is 4.90 Å². The van der Waals surface area contributed by atoms with Crippen molar-refractivity contribution in [3.05, 3.63) is 23.8 Å². The van der Waals surface area contributed by atoms with Gasteiger partial charge in [0.05, 0.1) is 16.3 Å². The number of carbonyl (C=O) groups is 2. The number of fused-ring (bicyclic) bond motifs is 1. The van der Waals surface area contributed by atoms with E-state index in [9.17, 15) is 9.59 Å². The van der Waals surface area contributed by atoms with Crippen molar-refractivity contribution in [1.29, 1.82) is 0 Å². The summed E-state index contributed by atoms with van der Waals surface area (Å²) in [6.07, 6.45) is 1.47. The average molecular weight is 360 g/mol. The van der Waals surface area contributed by atoms with Crippen LogP contribution in [0.15, 0.2) is 18.2 Å². The maximum Gasteiger partial charge on any atom is 0.248 e. The Bertz CT molecular complexity index is 801. The van der Waals surface area contributed by atoms with Crippen LogP contribution in [0.4, 0.5) is 5.13 Å².